The van der Waals surface area contributed by atoms with Gasteiger partial charge < -0.3 is 10.6 Å². The second kappa shape index (κ2) is 6.40. The maximum Gasteiger partial charge on any atom is 0.269 e. The molecule has 3 aromatic rings. The highest BCUT2D eigenvalue weighted by Crippen LogP contribution is 2.27. The van der Waals surface area contributed by atoms with Crippen molar-refractivity contribution < 1.29 is 9.59 Å². The number of carbonyl (C=O) groups is 2. The smallest absolute Gasteiger partial charge is 0.269 e. The molecule has 1 aliphatic heterocycles. The number of hydrogen-bond acceptors (Lipinski definition) is 5. The van der Waals surface area contributed by atoms with Gasteiger partial charge in [0.15, 0.2) is 5.82 Å². The van der Waals surface area contributed by atoms with E-state index in [0.717, 1.165) is 0 Å². The van der Waals surface area contributed by atoms with E-state index in [-0.39, 0.29) is 11.8 Å². The van der Waals surface area contributed by atoms with E-state index in [4.69, 9.17) is 0 Å². The number of carbonyl (C=O) groups excluding carboxylic acids is 2. The third-order valence-corrected chi connectivity index (χ3v) is 4.02. The van der Waals surface area contributed by atoms with Crippen LogP contribution in [0.4, 0.5) is 5.69 Å². The molecular formula is C18H16N6O2. The summed E-state index contributed by atoms with van der Waals surface area (Å²) < 4.78 is 1.68. The number of nitrogens with one attached hydrogen (secondary N) is 2. The predicted octanol–water partition coefficient (Wildman–Crippen LogP) is 1.71. The lowest BCUT2D eigenvalue weighted by Crippen LogP contribution is -2.35. The average Bonchev–Trinajstić information content (AvgIpc) is 3.08. The number of aromatic nitrogens is 4. The lowest BCUT2D eigenvalue weighted by Gasteiger charge is -2.13. The van der Waals surface area contributed by atoms with E-state index in [0.29, 0.717) is 47.2 Å². The van der Waals surface area contributed by atoms with Crippen molar-refractivity contribution in [3.63, 3.8) is 0 Å². The molecular weight excluding hydrogens is 332 g/mol. The fourth-order valence-electron chi connectivity index (χ4n) is 2.87. The average molecular weight is 348 g/mol. The zero-order chi connectivity index (χ0) is 18.1. The molecule has 0 atom stereocenters. The second-order valence-corrected chi connectivity index (χ2v) is 5.89. The van der Waals surface area contributed by atoms with Crippen LogP contribution in [0.2, 0.25) is 0 Å². The van der Waals surface area contributed by atoms with Gasteiger partial charge in [0.2, 0.25) is 5.91 Å². The van der Waals surface area contributed by atoms with Crippen molar-refractivity contribution in [1.29, 1.82) is 0 Å². The summed E-state index contributed by atoms with van der Waals surface area (Å²) in [5, 5.41) is 10.1. The SMILES string of the molecule is CC(=O)Nc1ccccc1-c1nccc(-c2cc3n(n2)CCNC3=O)n1. The van der Waals surface area contributed by atoms with Crippen molar-refractivity contribution in [2.45, 2.75) is 13.5 Å². The Morgan fingerprint density at radius 2 is 2.08 bits per heavy atom. The summed E-state index contributed by atoms with van der Waals surface area (Å²) in [6.07, 6.45) is 1.64. The topological polar surface area (TPSA) is 102 Å². The van der Waals surface area contributed by atoms with E-state index >= 15 is 0 Å². The summed E-state index contributed by atoms with van der Waals surface area (Å²) in [7, 11) is 0. The number of anilines is 1. The first-order valence-corrected chi connectivity index (χ1v) is 8.18. The fraction of sp³-hybridized carbons (Fsp3) is 0.167. The van der Waals surface area contributed by atoms with Crippen molar-refractivity contribution in [3.05, 3.63) is 48.3 Å². The van der Waals surface area contributed by atoms with Crippen molar-refractivity contribution in [2.75, 3.05) is 11.9 Å². The van der Waals surface area contributed by atoms with E-state index in [1.54, 1.807) is 29.1 Å². The number of hydrogen-bond donors (Lipinski definition) is 2. The zero-order valence-corrected chi connectivity index (χ0v) is 14.1. The van der Waals surface area contributed by atoms with Crippen molar-refractivity contribution in [1.82, 2.24) is 25.1 Å². The van der Waals surface area contributed by atoms with Gasteiger partial charge in [-0.1, -0.05) is 12.1 Å². The molecule has 2 aromatic heterocycles. The van der Waals surface area contributed by atoms with Gasteiger partial charge in [0.25, 0.3) is 5.91 Å². The molecule has 0 bridgehead atoms. The largest absolute Gasteiger partial charge is 0.349 e. The van der Waals surface area contributed by atoms with E-state index in [1.165, 1.54) is 6.92 Å². The van der Waals surface area contributed by atoms with Crippen LogP contribution in [0, 0.1) is 0 Å². The van der Waals surface area contributed by atoms with Gasteiger partial charge in [-0.2, -0.15) is 5.10 Å². The van der Waals surface area contributed by atoms with E-state index in [1.807, 2.05) is 18.2 Å². The van der Waals surface area contributed by atoms with Gasteiger partial charge in [0, 0.05) is 25.2 Å². The van der Waals surface area contributed by atoms with Crippen LogP contribution in [0.25, 0.3) is 22.8 Å². The lowest BCUT2D eigenvalue weighted by atomic mass is 10.1. The van der Waals surface area contributed by atoms with Gasteiger partial charge in [-0.15, -0.1) is 0 Å². The molecule has 0 saturated heterocycles. The minimum atomic E-state index is -0.165. The summed E-state index contributed by atoms with van der Waals surface area (Å²) in [5.41, 5.74) is 3.09. The Kier molecular flexibility index (Phi) is 3.92. The Balaban J connectivity index is 1.75. The molecule has 1 aliphatic rings. The Bertz CT molecular complexity index is 1010. The van der Waals surface area contributed by atoms with E-state index in [9.17, 15) is 9.59 Å². The van der Waals surface area contributed by atoms with Crippen LogP contribution in [0.15, 0.2) is 42.6 Å². The number of amides is 2. The highest BCUT2D eigenvalue weighted by atomic mass is 16.2. The highest BCUT2D eigenvalue weighted by molar-refractivity contribution is 5.94. The van der Waals surface area contributed by atoms with Crippen LogP contribution in [0.5, 0.6) is 0 Å². The molecule has 2 amide bonds. The van der Waals surface area contributed by atoms with Crippen LogP contribution in [-0.4, -0.2) is 38.1 Å². The first kappa shape index (κ1) is 15.9. The van der Waals surface area contributed by atoms with Crippen molar-refractivity contribution in [2.24, 2.45) is 0 Å². The molecule has 1 aromatic carbocycles. The maximum atomic E-state index is 11.9. The summed E-state index contributed by atoms with van der Waals surface area (Å²) >= 11 is 0. The molecule has 0 radical (unpaired) electrons. The van der Waals surface area contributed by atoms with Gasteiger partial charge in [-0.25, -0.2) is 9.97 Å². The zero-order valence-electron chi connectivity index (χ0n) is 14.1. The normalized spacial score (nSPS) is 13.0. The summed E-state index contributed by atoms with van der Waals surface area (Å²) in [5.74, 6) is 0.170. The maximum absolute atomic E-state index is 11.9. The number of para-hydroxylation sites is 1. The van der Waals surface area contributed by atoms with E-state index < -0.39 is 0 Å². The monoisotopic (exact) mass is 348 g/mol. The molecule has 0 aliphatic carbocycles. The van der Waals surface area contributed by atoms with Crippen molar-refractivity contribution >= 4 is 17.5 Å². The fourth-order valence-corrected chi connectivity index (χ4v) is 2.87. The van der Waals surface area contributed by atoms with Gasteiger partial charge in [-0.05, 0) is 24.3 Å². The number of benzene rings is 1. The van der Waals surface area contributed by atoms with Crippen LogP contribution in [0.1, 0.15) is 17.4 Å². The number of nitrogens with zero attached hydrogens (tertiary/aromatic N) is 4. The Morgan fingerprint density at radius 3 is 2.88 bits per heavy atom. The number of fused-ring (bicyclic) bond motifs is 1. The molecule has 8 nitrogen and oxygen atoms in total. The minimum absolute atomic E-state index is 0.139. The summed E-state index contributed by atoms with van der Waals surface area (Å²) in [6.45, 7) is 2.64. The summed E-state index contributed by atoms with van der Waals surface area (Å²) in [6, 6.07) is 10.8. The summed E-state index contributed by atoms with van der Waals surface area (Å²) in [4.78, 5) is 32.3. The third kappa shape index (κ3) is 2.92. The number of rotatable bonds is 3. The third-order valence-electron chi connectivity index (χ3n) is 4.02. The van der Waals surface area contributed by atoms with E-state index in [2.05, 4.69) is 25.7 Å². The van der Waals surface area contributed by atoms with Gasteiger partial charge >= 0.3 is 0 Å². The van der Waals surface area contributed by atoms with Crippen LogP contribution < -0.4 is 10.6 Å². The Labute approximate surface area is 149 Å². The Morgan fingerprint density at radius 1 is 1.23 bits per heavy atom. The van der Waals surface area contributed by atoms with Gasteiger partial charge in [-0.3, -0.25) is 14.3 Å². The molecule has 2 N–H and O–H groups in total. The lowest BCUT2D eigenvalue weighted by molar-refractivity contribution is -0.114. The molecule has 26 heavy (non-hydrogen) atoms. The molecule has 130 valence electrons. The molecule has 0 saturated carbocycles. The highest BCUT2D eigenvalue weighted by Gasteiger charge is 2.20. The molecule has 4 rings (SSSR count). The van der Waals surface area contributed by atoms with Gasteiger partial charge in [0.1, 0.15) is 11.4 Å². The van der Waals surface area contributed by atoms with Crippen LogP contribution in [0.3, 0.4) is 0 Å². The quantitative estimate of drug-likeness (QED) is 0.750. The van der Waals surface area contributed by atoms with Crippen LogP contribution in [-0.2, 0) is 11.3 Å². The molecule has 0 fully saturated rings. The molecule has 3 heterocycles. The van der Waals surface area contributed by atoms with Gasteiger partial charge in [0.05, 0.1) is 17.9 Å². The molecule has 0 unspecified atom stereocenters. The second-order valence-electron chi connectivity index (χ2n) is 5.89. The Hall–Kier alpha value is -3.55. The first-order chi connectivity index (χ1) is 12.6. The van der Waals surface area contributed by atoms with Crippen LogP contribution >= 0.6 is 0 Å². The standard InChI is InChI=1S/C18H16N6O2/c1-11(25)21-13-5-3-2-4-12(13)17-19-7-6-14(22-17)15-10-16-18(26)20-8-9-24(16)23-15/h2-7,10H,8-9H2,1H3,(H,20,26)(H,21,25). The predicted molar refractivity (Wildman–Crippen MR) is 95.3 cm³/mol. The molecule has 0 spiro atoms. The molecule has 8 heteroatoms. The van der Waals surface area contributed by atoms with Crippen molar-refractivity contribution in [3.8, 4) is 22.8 Å². The first-order valence-electron chi connectivity index (χ1n) is 8.18. The minimum Gasteiger partial charge on any atom is -0.349 e.